The topological polar surface area (TPSA) is 51.2 Å². The molecule has 98 valence electrons. The van der Waals surface area contributed by atoms with Crippen molar-refractivity contribution in [3.8, 4) is 0 Å². The molecule has 4 heteroatoms. The van der Waals surface area contributed by atoms with Crippen LogP contribution in [0, 0.1) is 5.92 Å². The largest absolute Gasteiger partial charge is 0.469 e. The molecular formula is C14H20N2O2. The molecule has 0 saturated heterocycles. The summed E-state index contributed by atoms with van der Waals surface area (Å²) in [6.45, 7) is 2.08. The molecule has 3 atom stereocenters. The molecule has 1 fully saturated rings. The number of carbonyl (C=O) groups excluding carboxylic acids is 1. The van der Waals surface area contributed by atoms with Gasteiger partial charge in [-0.1, -0.05) is 12.5 Å². The maximum absolute atomic E-state index is 11.7. The Morgan fingerprint density at radius 2 is 2.33 bits per heavy atom. The Morgan fingerprint density at radius 1 is 1.50 bits per heavy atom. The predicted octanol–water partition coefficient (Wildman–Crippen LogP) is 2.07. The zero-order valence-electron chi connectivity index (χ0n) is 10.9. The lowest BCUT2D eigenvalue weighted by Crippen LogP contribution is -2.38. The van der Waals surface area contributed by atoms with Crippen molar-refractivity contribution in [1.82, 2.24) is 10.3 Å². The van der Waals surface area contributed by atoms with Gasteiger partial charge in [-0.15, -0.1) is 0 Å². The fourth-order valence-corrected chi connectivity index (χ4v) is 2.63. The fourth-order valence-electron chi connectivity index (χ4n) is 2.63. The molecule has 0 aromatic carbocycles. The summed E-state index contributed by atoms with van der Waals surface area (Å²) in [7, 11) is 1.46. The Balaban J connectivity index is 1.98. The van der Waals surface area contributed by atoms with Gasteiger partial charge in [0.2, 0.25) is 0 Å². The average molecular weight is 248 g/mol. The molecule has 4 nitrogen and oxygen atoms in total. The van der Waals surface area contributed by atoms with Gasteiger partial charge in [0.05, 0.1) is 18.7 Å². The normalized spacial score (nSPS) is 24.8. The van der Waals surface area contributed by atoms with E-state index in [0.29, 0.717) is 0 Å². The summed E-state index contributed by atoms with van der Waals surface area (Å²) in [5.74, 6) is -0.112. The highest BCUT2D eigenvalue weighted by atomic mass is 16.5. The number of pyridine rings is 1. The van der Waals surface area contributed by atoms with Crippen LogP contribution < -0.4 is 5.32 Å². The third-order valence-corrected chi connectivity index (χ3v) is 3.62. The minimum atomic E-state index is -0.0989. The summed E-state index contributed by atoms with van der Waals surface area (Å²) in [6.07, 6.45) is 4.81. The lowest BCUT2D eigenvalue weighted by atomic mass is 10.0. The predicted molar refractivity (Wildman–Crippen MR) is 68.9 cm³/mol. The number of hydrogen-bond donors (Lipinski definition) is 1. The fraction of sp³-hybridized carbons (Fsp3) is 0.571. The van der Waals surface area contributed by atoms with Crippen molar-refractivity contribution in [1.29, 1.82) is 0 Å². The Hall–Kier alpha value is -1.42. The summed E-state index contributed by atoms with van der Waals surface area (Å²) in [6, 6.07) is 6.24. The van der Waals surface area contributed by atoms with E-state index in [1.165, 1.54) is 7.11 Å². The minimum Gasteiger partial charge on any atom is -0.469 e. The van der Waals surface area contributed by atoms with E-state index in [2.05, 4.69) is 17.2 Å². The van der Waals surface area contributed by atoms with Gasteiger partial charge in [-0.05, 0) is 31.9 Å². The smallest absolute Gasteiger partial charge is 0.310 e. The number of aromatic nitrogens is 1. The lowest BCUT2D eigenvalue weighted by Gasteiger charge is -2.23. The third kappa shape index (κ3) is 2.88. The van der Waals surface area contributed by atoms with Crippen molar-refractivity contribution in [3.05, 3.63) is 30.1 Å². The zero-order chi connectivity index (χ0) is 13.0. The molecule has 18 heavy (non-hydrogen) atoms. The number of nitrogens with one attached hydrogen (secondary N) is 1. The molecule has 0 unspecified atom stereocenters. The number of carbonyl (C=O) groups is 1. The first kappa shape index (κ1) is 13.0. The maximum atomic E-state index is 11.7. The maximum Gasteiger partial charge on any atom is 0.310 e. The van der Waals surface area contributed by atoms with Crippen LogP contribution in [-0.2, 0) is 9.53 Å². The first-order valence-electron chi connectivity index (χ1n) is 6.47. The van der Waals surface area contributed by atoms with E-state index in [1.54, 1.807) is 6.20 Å². The van der Waals surface area contributed by atoms with E-state index >= 15 is 0 Å². The van der Waals surface area contributed by atoms with Crippen LogP contribution in [0.1, 0.15) is 37.9 Å². The molecule has 1 heterocycles. The first-order valence-corrected chi connectivity index (χ1v) is 6.47. The molecule has 0 bridgehead atoms. The van der Waals surface area contributed by atoms with E-state index in [4.69, 9.17) is 4.74 Å². The first-order chi connectivity index (χ1) is 8.72. The number of hydrogen-bond acceptors (Lipinski definition) is 4. The van der Waals surface area contributed by atoms with Gasteiger partial charge in [0.15, 0.2) is 0 Å². The monoisotopic (exact) mass is 248 g/mol. The number of ether oxygens (including phenoxy) is 1. The summed E-state index contributed by atoms with van der Waals surface area (Å²) in [5.41, 5.74) is 1.01. The van der Waals surface area contributed by atoms with Crippen molar-refractivity contribution in [3.63, 3.8) is 0 Å². The Labute approximate surface area is 108 Å². The molecular weight excluding hydrogens is 228 g/mol. The number of methoxy groups -OCH3 is 1. The van der Waals surface area contributed by atoms with Crippen LogP contribution in [0.2, 0.25) is 0 Å². The minimum absolute atomic E-state index is 0.0128. The molecule has 0 radical (unpaired) electrons. The van der Waals surface area contributed by atoms with Gasteiger partial charge in [0, 0.05) is 18.3 Å². The highest BCUT2D eigenvalue weighted by Gasteiger charge is 2.34. The van der Waals surface area contributed by atoms with Crippen LogP contribution in [0.5, 0.6) is 0 Å². The van der Waals surface area contributed by atoms with Gasteiger partial charge in [-0.25, -0.2) is 0 Å². The molecule has 0 spiro atoms. The van der Waals surface area contributed by atoms with Gasteiger partial charge in [0.1, 0.15) is 0 Å². The van der Waals surface area contributed by atoms with Crippen LogP contribution in [-0.4, -0.2) is 24.1 Å². The zero-order valence-corrected chi connectivity index (χ0v) is 10.9. The molecule has 2 rings (SSSR count). The average Bonchev–Trinajstić information content (AvgIpc) is 2.87. The van der Waals surface area contributed by atoms with Crippen LogP contribution >= 0.6 is 0 Å². The summed E-state index contributed by atoms with van der Waals surface area (Å²) in [5, 5.41) is 3.50. The van der Waals surface area contributed by atoms with E-state index in [-0.39, 0.29) is 24.0 Å². The summed E-state index contributed by atoms with van der Waals surface area (Å²) >= 11 is 0. The van der Waals surface area contributed by atoms with E-state index in [9.17, 15) is 4.79 Å². The third-order valence-electron chi connectivity index (χ3n) is 3.62. The quantitative estimate of drug-likeness (QED) is 0.829. The molecule has 0 amide bonds. The van der Waals surface area contributed by atoms with Crippen LogP contribution in [0.15, 0.2) is 24.4 Å². The Kier molecular flexibility index (Phi) is 4.31. The van der Waals surface area contributed by atoms with Crippen LogP contribution in [0.3, 0.4) is 0 Å². The molecule has 1 aromatic heterocycles. The number of nitrogens with zero attached hydrogens (tertiary/aromatic N) is 1. The van der Waals surface area contributed by atoms with Crippen molar-refractivity contribution < 1.29 is 9.53 Å². The Morgan fingerprint density at radius 3 is 3.00 bits per heavy atom. The lowest BCUT2D eigenvalue weighted by molar-refractivity contribution is -0.145. The molecule has 1 saturated carbocycles. The SMILES string of the molecule is COC(=O)[C@@H]1CCC[C@H]1N[C@@H](C)c1ccccn1. The molecule has 1 aliphatic carbocycles. The number of esters is 1. The standard InChI is InChI=1S/C14H20N2O2/c1-10(12-7-3-4-9-15-12)16-13-8-5-6-11(13)14(17)18-2/h3-4,7,9-11,13,16H,5-6,8H2,1-2H3/t10-,11+,13+/m0/s1. The second-order valence-corrected chi connectivity index (χ2v) is 4.81. The van der Waals surface area contributed by atoms with Gasteiger partial charge >= 0.3 is 5.97 Å². The van der Waals surface area contributed by atoms with E-state index in [1.807, 2.05) is 18.2 Å². The van der Waals surface area contributed by atoms with Crippen molar-refractivity contribution in [2.24, 2.45) is 5.92 Å². The molecule has 1 N–H and O–H groups in total. The van der Waals surface area contributed by atoms with Gasteiger partial charge in [-0.3, -0.25) is 9.78 Å². The second-order valence-electron chi connectivity index (χ2n) is 4.81. The van der Waals surface area contributed by atoms with Crippen molar-refractivity contribution in [2.75, 3.05) is 7.11 Å². The highest BCUT2D eigenvalue weighted by Crippen LogP contribution is 2.28. The second kappa shape index (κ2) is 5.96. The Bertz CT molecular complexity index is 394. The van der Waals surface area contributed by atoms with Crippen molar-refractivity contribution >= 4 is 5.97 Å². The van der Waals surface area contributed by atoms with Crippen LogP contribution in [0.4, 0.5) is 0 Å². The molecule has 1 aliphatic rings. The molecule has 0 aliphatic heterocycles. The van der Waals surface area contributed by atoms with Gasteiger partial charge < -0.3 is 10.1 Å². The van der Waals surface area contributed by atoms with E-state index < -0.39 is 0 Å². The van der Waals surface area contributed by atoms with Gasteiger partial charge in [0.25, 0.3) is 0 Å². The molecule has 1 aromatic rings. The van der Waals surface area contributed by atoms with Crippen LogP contribution in [0.25, 0.3) is 0 Å². The summed E-state index contributed by atoms with van der Waals surface area (Å²) in [4.78, 5) is 16.0. The van der Waals surface area contributed by atoms with Crippen molar-refractivity contribution in [2.45, 2.75) is 38.3 Å². The van der Waals surface area contributed by atoms with E-state index in [0.717, 1.165) is 25.0 Å². The van der Waals surface area contributed by atoms with Gasteiger partial charge in [-0.2, -0.15) is 0 Å². The summed E-state index contributed by atoms with van der Waals surface area (Å²) < 4.78 is 4.86. The highest BCUT2D eigenvalue weighted by molar-refractivity contribution is 5.73. The number of rotatable bonds is 4.